The summed E-state index contributed by atoms with van der Waals surface area (Å²) in [5, 5.41) is 5.27. The molecular formula is C11H16N2O4. The zero-order chi connectivity index (χ0) is 12.5. The molecule has 0 fully saturated rings. The van der Waals surface area contributed by atoms with E-state index < -0.39 is 0 Å². The van der Waals surface area contributed by atoms with Gasteiger partial charge in [-0.3, -0.25) is 9.59 Å². The van der Waals surface area contributed by atoms with Gasteiger partial charge in [0.15, 0.2) is 5.76 Å². The molecule has 2 amide bonds. The van der Waals surface area contributed by atoms with Crippen molar-refractivity contribution in [2.45, 2.75) is 6.42 Å². The Bertz CT molecular complexity index is 348. The van der Waals surface area contributed by atoms with Gasteiger partial charge in [-0.1, -0.05) is 0 Å². The van der Waals surface area contributed by atoms with Crippen LogP contribution in [-0.4, -0.2) is 38.6 Å². The van der Waals surface area contributed by atoms with Crippen molar-refractivity contribution >= 4 is 11.8 Å². The van der Waals surface area contributed by atoms with Crippen molar-refractivity contribution in [2.75, 3.05) is 26.8 Å². The van der Waals surface area contributed by atoms with E-state index in [-0.39, 0.29) is 17.6 Å². The van der Waals surface area contributed by atoms with Crippen LogP contribution in [0.3, 0.4) is 0 Å². The Kier molecular flexibility index (Phi) is 5.81. The second kappa shape index (κ2) is 7.45. The Morgan fingerprint density at radius 2 is 2.12 bits per heavy atom. The van der Waals surface area contributed by atoms with Crippen molar-refractivity contribution in [1.82, 2.24) is 10.6 Å². The highest BCUT2D eigenvalue weighted by molar-refractivity contribution is 5.91. The van der Waals surface area contributed by atoms with Crippen LogP contribution < -0.4 is 10.6 Å². The molecule has 6 nitrogen and oxygen atoms in total. The SMILES string of the molecule is COCCC(=O)NCCNC(=O)c1ccco1. The highest BCUT2D eigenvalue weighted by Gasteiger charge is 2.07. The minimum Gasteiger partial charge on any atom is -0.459 e. The molecule has 0 unspecified atom stereocenters. The zero-order valence-electron chi connectivity index (χ0n) is 9.69. The largest absolute Gasteiger partial charge is 0.459 e. The molecule has 17 heavy (non-hydrogen) atoms. The van der Waals surface area contributed by atoms with Gasteiger partial charge in [-0.05, 0) is 12.1 Å². The Balaban J connectivity index is 2.08. The van der Waals surface area contributed by atoms with Gasteiger partial charge in [0.25, 0.3) is 5.91 Å². The van der Waals surface area contributed by atoms with Gasteiger partial charge >= 0.3 is 0 Å². The number of rotatable bonds is 7. The molecule has 1 aromatic rings. The molecule has 0 aliphatic rings. The third-order valence-corrected chi connectivity index (χ3v) is 2.01. The van der Waals surface area contributed by atoms with Crippen LogP contribution in [0, 0.1) is 0 Å². The fourth-order valence-corrected chi connectivity index (χ4v) is 1.16. The van der Waals surface area contributed by atoms with Crippen molar-refractivity contribution in [3.8, 4) is 0 Å². The molecule has 0 aromatic carbocycles. The highest BCUT2D eigenvalue weighted by atomic mass is 16.5. The van der Waals surface area contributed by atoms with Crippen LogP contribution in [-0.2, 0) is 9.53 Å². The lowest BCUT2D eigenvalue weighted by Gasteiger charge is -2.05. The average Bonchev–Trinajstić information content (AvgIpc) is 2.85. The second-order valence-electron chi connectivity index (χ2n) is 3.33. The van der Waals surface area contributed by atoms with Crippen molar-refractivity contribution in [1.29, 1.82) is 0 Å². The summed E-state index contributed by atoms with van der Waals surface area (Å²) in [6, 6.07) is 3.22. The van der Waals surface area contributed by atoms with Crippen LogP contribution in [0.15, 0.2) is 22.8 Å². The summed E-state index contributed by atoms with van der Waals surface area (Å²) in [6.07, 6.45) is 1.75. The van der Waals surface area contributed by atoms with Crippen LogP contribution in [0.1, 0.15) is 17.0 Å². The fraction of sp³-hybridized carbons (Fsp3) is 0.455. The number of carbonyl (C=O) groups is 2. The van der Waals surface area contributed by atoms with Crippen molar-refractivity contribution < 1.29 is 18.7 Å². The predicted molar refractivity (Wildman–Crippen MR) is 60.5 cm³/mol. The molecule has 0 radical (unpaired) electrons. The summed E-state index contributed by atoms with van der Waals surface area (Å²) in [5.74, 6) is -0.129. The van der Waals surface area contributed by atoms with Gasteiger partial charge < -0.3 is 19.8 Å². The molecular weight excluding hydrogens is 224 g/mol. The van der Waals surface area contributed by atoms with Crippen molar-refractivity contribution in [3.63, 3.8) is 0 Å². The zero-order valence-corrected chi connectivity index (χ0v) is 9.69. The lowest BCUT2D eigenvalue weighted by molar-refractivity contribution is -0.121. The first-order chi connectivity index (χ1) is 8.24. The molecule has 0 aliphatic heterocycles. The van der Waals surface area contributed by atoms with Gasteiger partial charge in [0, 0.05) is 26.6 Å². The number of hydrogen-bond donors (Lipinski definition) is 2. The first-order valence-corrected chi connectivity index (χ1v) is 5.31. The van der Waals surface area contributed by atoms with Gasteiger partial charge in [-0.25, -0.2) is 0 Å². The number of carbonyl (C=O) groups excluding carboxylic acids is 2. The number of hydrogen-bond acceptors (Lipinski definition) is 4. The molecule has 2 N–H and O–H groups in total. The summed E-state index contributed by atoms with van der Waals surface area (Å²) >= 11 is 0. The smallest absolute Gasteiger partial charge is 0.287 e. The van der Waals surface area contributed by atoms with Crippen molar-refractivity contribution in [2.24, 2.45) is 0 Å². The topological polar surface area (TPSA) is 80.6 Å². The minimum atomic E-state index is -0.291. The molecule has 1 rings (SSSR count). The fourth-order valence-electron chi connectivity index (χ4n) is 1.16. The first kappa shape index (κ1) is 13.2. The molecule has 0 saturated heterocycles. The van der Waals surface area contributed by atoms with Crippen LogP contribution in [0.2, 0.25) is 0 Å². The number of nitrogens with one attached hydrogen (secondary N) is 2. The van der Waals surface area contributed by atoms with E-state index in [9.17, 15) is 9.59 Å². The molecule has 0 saturated carbocycles. The van der Waals surface area contributed by atoms with Crippen LogP contribution in [0.5, 0.6) is 0 Å². The monoisotopic (exact) mass is 240 g/mol. The lowest BCUT2D eigenvalue weighted by Crippen LogP contribution is -2.34. The molecule has 0 bridgehead atoms. The van der Waals surface area contributed by atoms with Crippen molar-refractivity contribution in [3.05, 3.63) is 24.2 Å². The Labute approximate surface area is 99.3 Å². The second-order valence-corrected chi connectivity index (χ2v) is 3.33. The maximum Gasteiger partial charge on any atom is 0.287 e. The van der Waals surface area contributed by atoms with Gasteiger partial charge in [0.05, 0.1) is 12.9 Å². The lowest BCUT2D eigenvalue weighted by atomic mass is 10.4. The number of furan rings is 1. The average molecular weight is 240 g/mol. The van der Waals surface area contributed by atoms with E-state index in [2.05, 4.69) is 10.6 Å². The molecule has 0 spiro atoms. The van der Waals surface area contributed by atoms with Gasteiger partial charge in [0.2, 0.25) is 5.91 Å². The summed E-state index contributed by atoms with van der Waals surface area (Å²) in [5.41, 5.74) is 0. The predicted octanol–water partition coefficient (Wildman–Crippen LogP) is 0.162. The van der Waals surface area contributed by atoms with Gasteiger partial charge in [-0.15, -0.1) is 0 Å². The molecule has 0 atom stereocenters. The number of amides is 2. The first-order valence-electron chi connectivity index (χ1n) is 5.31. The molecule has 1 aromatic heterocycles. The van der Waals surface area contributed by atoms with E-state index >= 15 is 0 Å². The highest BCUT2D eigenvalue weighted by Crippen LogP contribution is 1.98. The van der Waals surface area contributed by atoms with E-state index in [1.54, 1.807) is 12.1 Å². The van der Waals surface area contributed by atoms with E-state index in [1.165, 1.54) is 13.4 Å². The third kappa shape index (κ3) is 5.17. The summed E-state index contributed by atoms with van der Waals surface area (Å²) in [7, 11) is 1.54. The Morgan fingerprint density at radius 1 is 1.35 bits per heavy atom. The normalized spacial score (nSPS) is 9.94. The van der Waals surface area contributed by atoms with Crippen LogP contribution in [0.4, 0.5) is 0 Å². The van der Waals surface area contributed by atoms with Gasteiger partial charge in [0.1, 0.15) is 0 Å². The van der Waals surface area contributed by atoms with Crippen LogP contribution >= 0.6 is 0 Å². The standard InChI is InChI=1S/C11H16N2O4/c1-16-8-4-10(14)12-5-6-13-11(15)9-3-2-7-17-9/h2-3,7H,4-6,8H2,1H3,(H,12,14)(H,13,15). The number of ether oxygens (including phenoxy) is 1. The molecule has 0 aliphatic carbocycles. The van der Waals surface area contributed by atoms with E-state index in [1.807, 2.05) is 0 Å². The summed E-state index contributed by atoms with van der Waals surface area (Å²) < 4.78 is 9.67. The molecule has 6 heteroatoms. The Morgan fingerprint density at radius 3 is 2.76 bits per heavy atom. The summed E-state index contributed by atoms with van der Waals surface area (Å²) in [6.45, 7) is 1.14. The summed E-state index contributed by atoms with van der Waals surface area (Å²) in [4.78, 5) is 22.5. The number of methoxy groups -OCH3 is 1. The van der Waals surface area contributed by atoms with E-state index in [4.69, 9.17) is 9.15 Å². The Hall–Kier alpha value is -1.82. The van der Waals surface area contributed by atoms with E-state index in [0.717, 1.165) is 0 Å². The maximum absolute atomic E-state index is 11.4. The quantitative estimate of drug-likeness (QED) is 0.665. The maximum atomic E-state index is 11.4. The minimum absolute atomic E-state index is 0.0981. The molecule has 94 valence electrons. The van der Waals surface area contributed by atoms with E-state index in [0.29, 0.717) is 26.1 Å². The third-order valence-electron chi connectivity index (χ3n) is 2.01. The molecule has 1 heterocycles. The van der Waals surface area contributed by atoms with Gasteiger partial charge in [-0.2, -0.15) is 0 Å². The van der Waals surface area contributed by atoms with Crippen LogP contribution in [0.25, 0.3) is 0 Å².